The summed E-state index contributed by atoms with van der Waals surface area (Å²) in [6, 6.07) is 0. The van der Waals surface area contributed by atoms with Gasteiger partial charge in [-0.25, -0.2) is 0 Å². The Kier molecular flexibility index (Phi) is 4.85. The predicted molar refractivity (Wildman–Crippen MR) is 83.2 cm³/mol. The van der Waals surface area contributed by atoms with Crippen molar-refractivity contribution in [2.24, 2.45) is 0 Å². The van der Waals surface area contributed by atoms with Gasteiger partial charge in [0.25, 0.3) is 0 Å². The fourth-order valence-corrected chi connectivity index (χ4v) is 4.52. The summed E-state index contributed by atoms with van der Waals surface area (Å²) < 4.78 is 5.45. The zero-order valence-corrected chi connectivity index (χ0v) is 13.5. The van der Waals surface area contributed by atoms with E-state index in [-0.39, 0.29) is 11.6 Å². The zero-order chi connectivity index (χ0) is 14.7. The van der Waals surface area contributed by atoms with Gasteiger partial charge >= 0.3 is 0 Å². The van der Waals surface area contributed by atoms with Crippen LogP contribution in [0.3, 0.4) is 0 Å². The summed E-state index contributed by atoms with van der Waals surface area (Å²) in [5.41, 5.74) is -0.179. The standard InChI is InChI=1S/C17H30N2O2/c1-21-15-8-13-18(14-15)16(20)17(9-4-2-5-10-17)19-11-6-3-7-12-19/h15H,2-14H2,1H3/t15-/m1/s1. The van der Waals surface area contributed by atoms with Gasteiger partial charge in [-0.1, -0.05) is 25.7 Å². The highest BCUT2D eigenvalue weighted by Gasteiger charge is 2.47. The molecule has 3 aliphatic rings. The predicted octanol–water partition coefficient (Wildman–Crippen LogP) is 2.42. The molecule has 120 valence electrons. The number of methoxy groups -OCH3 is 1. The molecule has 1 saturated carbocycles. The molecule has 1 amide bonds. The van der Waals surface area contributed by atoms with Gasteiger partial charge in [0.15, 0.2) is 0 Å². The molecule has 0 unspecified atom stereocenters. The SMILES string of the molecule is CO[C@@H]1CCN(C(=O)C2(N3CCCCC3)CCCCC2)C1. The first-order valence-corrected chi connectivity index (χ1v) is 8.83. The van der Waals surface area contributed by atoms with Crippen molar-refractivity contribution in [1.82, 2.24) is 9.80 Å². The Morgan fingerprint density at radius 1 is 1.00 bits per heavy atom. The monoisotopic (exact) mass is 294 g/mol. The van der Waals surface area contributed by atoms with Crippen LogP contribution in [0.25, 0.3) is 0 Å². The van der Waals surface area contributed by atoms with Crippen LogP contribution in [0.1, 0.15) is 57.8 Å². The quantitative estimate of drug-likeness (QED) is 0.801. The highest BCUT2D eigenvalue weighted by Crippen LogP contribution is 2.37. The maximum atomic E-state index is 13.3. The maximum absolute atomic E-state index is 13.3. The molecule has 3 rings (SSSR count). The van der Waals surface area contributed by atoms with E-state index in [1.54, 1.807) is 7.11 Å². The summed E-state index contributed by atoms with van der Waals surface area (Å²) in [4.78, 5) is 17.9. The Hall–Kier alpha value is -0.610. The zero-order valence-electron chi connectivity index (χ0n) is 13.5. The highest BCUT2D eigenvalue weighted by molar-refractivity contribution is 5.87. The molecule has 0 radical (unpaired) electrons. The van der Waals surface area contributed by atoms with Crippen LogP contribution in [-0.2, 0) is 9.53 Å². The van der Waals surface area contributed by atoms with Crippen molar-refractivity contribution in [1.29, 1.82) is 0 Å². The van der Waals surface area contributed by atoms with Crippen molar-refractivity contribution in [2.75, 3.05) is 33.3 Å². The van der Waals surface area contributed by atoms with Gasteiger partial charge in [-0.15, -0.1) is 0 Å². The van der Waals surface area contributed by atoms with Crippen molar-refractivity contribution in [3.05, 3.63) is 0 Å². The van der Waals surface area contributed by atoms with Crippen LogP contribution in [0, 0.1) is 0 Å². The first-order chi connectivity index (χ1) is 10.3. The minimum Gasteiger partial charge on any atom is -0.380 e. The van der Waals surface area contributed by atoms with E-state index in [2.05, 4.69) is 9.80 Å². The molecule has 2 saturated heterocycles. The molecule has 2 aliphatic heterocycles. The van der Waals surface area contributed by atoms with Gasteiger partial charge in [0.2, 0.25) is 5.91 Å². The van der Waals surface area contributed by atoms with E-state index < -0.39 is 0 Å². The third kappa shape index (κ3) is 2.98. The number of rotatable bonds is 3. The maximum Gasteiger partial charge on any atom is 0.243 e. The highest BCUT2D eigenvalue weighted by atomic mass is 16.5. The molecule has 4 nitrogen and oxygen atoms in total. The Morgan fingerprint density at radius 2 is 1.67 bits per heavy atom. The Labute approximate surface area is 128 Å². The minimum absolute atomic E-state index is 0.179. The number of piperidine rings is 1. The molecular weight excluding hydrogens is 264 g/mol. The number of likely N-dealkylation sites (tertiary alicyclic amines) is 2. The van der Waals surface area contributed by atoms with E-state index in [9.17, 15) is 4.79 Å². The first kappa shape index (κ1) is 15.3. The molecule has 2 heterocycles. The molecule has 0 bridgehead atoms. The van der Waals surface area contributed by atoms with E-state index in [1.165, 1.54) is 38.5 Å². The molecule has 0 aromatic carbocycles. The third-order valence-electron chi connectivity index (χ3n) is 5.81. The lowest BCUT2D eigenvalue weighted by Crippen LogP contribution is -2.61. The van der Waals surface area contributed by atoms with Crippen LogP contribution in [-0.4, -0.2) is 60.6 Å². The second kappa shape index (κ2) is 6.66. The minimum atomic E-state index is -0.179. The van der Waals surface area contributed by atoms with Crippen molar-refractivity contribution < 1.29 is 9.53 Å². The van der Waals surface area contributed by atoms with Crippen molar-refractivity contribution in [2.45, 2.75) is 69.4 Å². The van der Waals surface area contributed by atoms with Gasteiger partial charge in [-0.05, 0) is 45.2 Å². The van der Waals surface area contributed by atoms with E-state index in [4.69, 9.17) is 4.74 Å². The molecule has 0 aromatic heterocycles. The van der Waals surface area contributed by atoms with Crippen molar-refractivity contribution >= 4 is 5.91 Å². The molecule has 1 atom stereocenters. The molecular formula is C17H30N2O2. The van der Waals surface area contributed by atoms with Crippen LogP contribution >= 0.6 is 0 Å². The molecule has 21 heavy (non-hydrogen) atoms. The van der Waals surface area contributed by atoms with Gasteiger partial charge in [0.05, 0.1) is 6.10 Å². The van der Waals surface area contributed by atoms with E-state index in [0.29, 0.717) is 5.91 Å². The summed E-state index contributed by atoms with van der Waals surface area (Å²) >= 11 is 0. The first-order valence-electron chi connectivity index (χ1n) is 8.83. The summed E-state index contributed by atoms with van der Waals surface area (Å²) in [5.74, 6) is 0.406. The molecule has 4 heteroatoms. The van der Waals surface area contributed by atoms with Gasteiger partial charge in [-0.2, -0.15) is 0 Å². The Morgan fingerprint density at radius 3 is 2.29 bits per heavy atom. The van der Waals surface area contributed by atoms with E-state index in [1.807, 2.05) is 0 Å². The topological polar surface area (TPSA) is 32.8 Å². The van der Waals surface area contributed by atoms with Crippen LogP contribution in [0.2, 0.25) is 0 Å². The average molecular weight is 294 g/mol. The second-order valence-electron chi connectivity index (χ2n) is 7.04. The van der Waals surface area contributed by atoms with Crippen LogP contribution in [0.4, 0.5) is 0 Å². The van der Waals surface area contributed by atoms with Crippen LogP contribution < -0.4 is 0 Å². The number of hydrogen-bond donors (Lipinski definition) is 0. The lowest BCUT2D eigenvalue weighted by Gasteiger charge is -2.48. The molecule has 0 spiro atoms. The van der Waals surface area contributed by atoms with Gasteiger partial charge in [0, 0.05) is 20.2 Å². The number of carbonyl (C=O) groups excluding carboxylic acids is 1. The Bertz CT molecular complexity index is 360. The van der Waals surface area contributed by atoms with Crippen LogP contribution in [0.5, 0.6) is 0 Å². The number of carbonyl (C=O) groups is 1. The van der Waals surface area contributed by atoms with Gasteiger partial charge in [0.1, 0.15) is 5.54 Å². The number of nitrogens with zero attached hydrogens (tertiary/aromatic N) is 2. The molecule has 0 N–H and O–H groups in total. The number of ether oxygens (including phenoxy) is 1. The van der Waals surface area contributed by atoms with E-state index in [0.717, 1.165) is 45.4 Å². The third-order valence-corrected chi connectivity index (χ3v) is 5.81. The number of hydrogen-bond acceptors (Lipinski definition) is 3. The fraction of sp³-hybridized carbons (Fsp3) is 0.941. The summed E-state index contributed by atoms with van der Waals surface area (Å²) in [6.07, 6.45) is 11.0. The smallest absolute Gasteiger partial charge is 0.243 e. The van der Waals surface area contributed by atoms with E-state index >= 15 is 0 Å². The lowest BCUT2D eigenvalue weighted by atomic mass is 9.78. The Balaban J connectivity index is 1.76. The summed E-state index contributed by atoms with van der Waals surface area (Å²) in [5, 5.41) is 0. The number of amides is 1. The van der Waals surface area contributed by atoms with Crippen molar-refractivity contribution in [3.8, 4) is 0 Å². The molecule has 0 aromatic rings. The van der Waals surface area contributed by atoms with Crippen LogP contribution in [0.15, 0.2) is 0 Å². The van der Waals surface area contributed by atoms with Crippen molar-refractivity contribution in [3.63, 3.8) is 0 Å². The average Bonchev–Trinajstić information content (AvgIpc) is 3.04. The lowest BCUT2D eigenvalue weighted by molar-refractivity contribution is -0.147. The fourth-order valence-electron chi connectivity index (χ4n) is 4.52. The summed E-state index contributed by atoms with van der Waals surface area (Å²) in [6.45, 7) is 3.92. The molecule has 1 aliphatic carbocycles. The largest absolute Gasteiger partial charge is 0.380 e. The van der Waals surface area contributed by atoms with Gasteiger partial charge < -0.3 is 9.64 Å². The normalized spacial score (nSPS) is 30.5. The molecule has 3 fully saturated rings. The second-order valence-corrected chi connectivity index (χ2v) is 7.04. The summed E-state index contributed by atoms with van der Waals surface area (Å²) in [7, 11) is 1.76. The van der Waals surface area contributed by atoms with Gasteiger partial charge in [-0.3, -0.25) is 9.69 Å².